The monoisotopic (exact) mass is 498 g/mol. The van der Waals surface area contributed by atoms with E-state index >= 15 is 0 Å². The topological polar surface area (TPSA) is 55.1 Å². The van der Waals surface area contributed by atoms with E-state index in [2.05, 4.69) is 11.5 Å². The molecule has 0 bridgehead atoms. The highest BCUT2D eigenvalue weighted by molar-refractivity contribution is 7.09. The van der Waals surface area contributed by atoms with Gasteiger partial charge in [-0.15, -0.1) is 11.3 Å². The lowest BCUT2D eigenvalue weighted by Gasteiger charge is -2.09. The predicted octanol–water partition coefficient (Wildman–Crippen LogP) is 8.04. The summed E-state index contributed by atoms with van der Waals surface area (Å²) in [4.78, 5) is 17.7. The molecule has 4 nitrogen and oxygen atoms in total. The molecule has 0 aliphatic rings. The van der Waals surface area contributed by atoms with Gasteiger partial charge in [-0.25, -0.2) is 9.78 Å². The Kier molecular flexibility index (Phi) is 10.9. The van der Waals surface area contributed by atoms with Gasteiger partial charge in [-0.1, -0.05) is 87.7 Å². The van der Waals surface area contributed by atoms with E-state index in [4.69, 9.17) is 16.6 Å². The highest BCUT2D eigenvalue weighted by atomic mass is 35.5. The molecule has 3 rings (SSSR count). The van der Waals surface area contributed by atoms with Gasteiger partial charge in [-0.2, -0.15) is 0 Å². The molecule has 0 aliphatic carbocycles. The van der Waals surface area contributed by atoms with Gasteiger partial charge in [-0.3, -0.25) is 0 Å². The van der Waals surface area contributed by atoms with Crippen molar-refractivity contribution in [3.05, 3.63) is 80.5 Å². The highest BCUT2D eigenvalue weighted by Crippen LogP contribution is 2.21. The number of imidazole rings is 1. The maximum Gasteiger partial charge on any atom is 0.332 e. The van der Waals surface area contributed by atoms with Gasteiger partial charge in [0.15, 0.2) is 0 Å². The van der Waals surface area contributed by atoms with E-state index in [-0.39, 0.29) is 0 Å². The number of aromatic nitrogens is 2. The van der Waals surface area contributed by atoms with Gasteiger partial charge in [0.1, 0.15) is 5.82 Å². The van der Waals surface area contributed by atoms with Gasteiger partial charge in [0, 0.05) is 34.5 Å². The molecular formula is C28H35ClN2O2S. The number of carboxylic acid groups (broad SMARTS) is 1. The molecule has 0 unspecified atom stereocenters. The number of benzene rings is 1. The van der Waals surface area contributed by atoms with Crippen molar-refractivity contribution in [3.63, 3.8) is 0 Å². The van der Waals surface area contributed by atoms with Crippen LogP contribution in [-0.4, -0.2) is 20.6 Å². The lowest BCUT2D eigenvalue weighted by Crippen LogP contribution is -2.05. The number of hydrogen-bond acceptors (Lipinski definition) is 3. The Morgan fingerprint density at radius 2 is 1.79 bits per heavy atom. The Morgan fingerprint density at radius 1 is 1.06 bits per heavy atom. The molecular weight excluding hydrogens is 464 g/mol. The number of carbonyl (C=O) groups is 1. The molecule has 182 valence electrons. The molecule has 1 N–H and O–H groups in total. The number of halogens is 1. The van der Waals surface area contributed by atoms with E-state index in [1.807, 2.05) is 48.0 Å². The van der Waals surface area contributed by atoms with Gasteiger partial charge in [0.2, 0.25) is 0 Å². The molecule has 34 heavy (non-hydrogen) atoms. The first-order valence-corrected chi connectivity index (χ1v) is 13.6. The molecule has 0 saturated heterocycles. The summed E-state index contributed by atoms with van der Waals surface area (Å²) in [6.45, 7) is 2.87. The van der Waals surface area contributed by atoms with Crippen LogP contribution >= 0.6 is 22.9 Å². The third-order valence-corrected chi connectivity index (χ3v) is 7.22. The minimum Gasteiger partial charge on any atom is -0.478 e. The number of hydrogen-bond donors (Lipinski definition) is 1. The molecule has 2 aromatic heterocycles. The van der Waals surface area contributed by atoms with E-state index < -0.39 is 5.97 Å². The predicted molar refractivity (Wildman–Crippen MR) is 143 cm³/mol. The Hall–Kier alpha value is -2.37. The van der Waals surface area contributed by atoms with Crippen molar-refractivity contribution in [3.8, 4) is 0 Å². The highest BCUT2D eigenvalue weighted by Gasteiger charge is 2.13. The molecule has 6 heteroatoms. The fraction of sp³-hybridized carbons (Fsp3) is 0.429. The van der Waals surface area contributed by atoms with Crippen LogP contribution in [0.3, 0.4) is 0 Å². The molecule has 2 heterocycles. The molecule has 0 aliphatic heterocycles. The number of nitrogens with zero attached hydrogens (tertiary/aromatic N) is 2. The normalized spacial score (nSPS) is 11.8. The molecule has 3 aromatic rings. The number of unbranched alkanes of at least 4 members (excludes halogenated alkanes) is 7. The van der Waals surface area contributed by atoms with Crippen LogP contribution in [0.5, 0.6) is 0 Å². The van der Waals surface area contributed by atoms with Crippen molar-refractivity contribution in [2.24, 2.45) is 0 Å². The van der Waals surface area contributed by atoms with Crippen LogP contribution in [0.1, 0.15) is 80.2 Å². The maximum absolute atomic E-state index is 11.9. The molecule has 0 saturated carbocycles. The Morgan fingerprint density at radius 3 is 2.47 bits per heavy atom. The molecule has 0 amide bonds. The van der Waals surface area contributed by atoms with Crippen LogP contribution in [0.4, 0.5) is 0 Å². The summed E-state index contributed by atoms with van der Waals surface area (Å²) in [6.07, 6.45) is 15.0. The average molecular weight is 499 g/mol. The first kappa shape index (κ1) is 26.2. The van der Waals surface area contributed by atoms with Crippen LogP contribution in [-0.2, 0) is 24.2 Å². The van der Waals surface area contributed by atoms with Crippen LogP contribution in [0.25, 0.3) is 6.08 Å². The second kappa shape index (κ2) is 14.1. The summed E-state index contributed by atoms with van der Waals surface area (Å²) in [5.74, 6) is 0.0803. The summed E-state index contributed by atoms with van der Waals surface area (Å²) in [5.41, 5.74) is 2.07. The fourth-order valence-electron chi connectivity index (χ4n) is 4.08. The van der Waals surface area contributed by atoms with E-state index in [0.717, 1.165) is 34.1 Å². The van der Waals surface area contributed by atoms with Crippen molar-refractivity contribution in [1.82, 2.24) is 9.55 Å². The Balaban J connectivity index is 1.72. The largest absolute Gasteiger partial charge is 0.478 e. The smallest absolute Gasteiger partial charge is 0.332 e. The zero-order valence-corrected chi connectivity index (χ0v) is 21.6. The van der Waals surface area contributed by atoms with Gasteiger partial charge >= 0.3 is 5.97 Å². The second-order valence-corrected chi connectivity index (χ2v) is 10.2. The third-order valence-electron chi connectivity index (χ3n) is 5.97. The minimum atomic E-state index is -0.904. The summed E-state index contributed by atoms with van der Waals surface area (Å²) >= 11 is 7.98. The van der Waals surface area contributed by atoms with Gasteiger partial charge < -0.3 is 9.67 Å². The van der Waals surface area contributed by atoms with Crippen LogP contribution < -0.4 is 0 Å². The van der Waals surface area contributed by atoms with Crippen molar-refractivity contribution in [1.29, 1.82) is 0 Å². The molecule has 0 atom stereocenters. The number of rotatable bonds is 15. The first-order chi connectivity index (χ1) is 16.6. The summed E-state index contributed by atoms with van der Waals surface area (Å²) in [7, 11) is 0. The lowest BCUT2D eigenvalue weighted by atomic mass is 10.1. The number of aliphatic carboxylic acids is 1. The van der Waals surface area contributed by atoms with Crippen LogP contribution in [0, 0.1) is 0 Å². The third kappa shape index (κ3) is 8.44. The molecule has 0 radical (unpaired) electrons. The molecule has 0 spiro atoms. The van der Waals surface area contributed by atoms with Crippen molar-refractivity contribution < 1.29 is 9.90 Å². The first-order valence-electron chi connectivity index (χ1n) is 12.3. The standard InChI is InChI=1S/C28H35ClN2O2S/c1-2-3-4-5-6-7-8-9-16-27-30-24(18-23(28(32)33)19-25-14-12-17-34-25)21-31(27)20-22-13-10-11-15-26(22)29/h10-15,17-18,21H,2-9,16,19-20H2,1H3,(H,32,33)/b23-18+. The van der Waals surface area contributed by atoms with E-state index in [9.17, 15) is 9.90 Å². The Bertz CT molecular complexity index is 1060. The second-order valence-electron chi connectivity index (χ2n) is 8.76. The quantitative estimate of drug-likeness (QED) is 0.170. The van der Waals surface area contributed by atoms with Crippen molar-refractivity contribution in [2.45, 2.75) is 77.7 Å². The average Bonchev–Trinajstić information content (AvgIpc) is 3.46. The summed E-state index contributed by atoms with van der Waals surface area (Å²) < 4.78 is 2.12. The number of aryl methyl sites for hydroxylation is 1. The van der Waals surface area contributed by atoms with Crippen LogP contribution in [0.15, 0.2) is 53.5 Å². The van der Waals surface area contributed by atoms with Crippen LogP contribution in [0.2, 0.25) is 5.02 Å². The molecule has 0 fully saturated rings. The van der Waals surface area contributed by atoms with Crippen molar-refractivity contribution in [2.75, 3.05) is 0 Å². The SMILES string of the molecule is CCCCCCCCCCc1nc(/C=C(\Cc2cccs2)C(=O)O)cn1Cc1ccccc1Cl. The Labute approximate surface area is 212 Å². The zero-order chi connectivity index (χ0) is 24.2. The van der Waals surface area contributed by atoms with Gasteiger partial charge in [0.05, 0.1) is 12.2 Å². The van der Waals surface area contributed by atoms with E-state index in [1.54, 1.807) is 17.4 Å². The van der Waals surface area contributed by atoms with E-state index in [0.29, 0.717) is 24.2 Å². The molecule has 1 aromatic carbocycles. The minimum absolute atomic E-state index is 0.350. The van der Waals surface area contributed by atoms with Gasteiger partial charge in [-0.05, 0) is 35.6 Å². The number of carboxylic acids is 1. The zero-order valence-electron chi connectivity index (χ0n) is 20.0. The lowest BCUT2D eigenvalue weighted by molar-refractivity contribution is -0.132. The maximum atomic E-state index is 11.9. The summed E-state index contributed by atoms with van der Waals surface area (Å²) in [6, 6.07) is 11.7. The fourth-order valence-corrected chi connectivity index (χ4v) is 5.00. The van der Waals surface area contributed by atoms with Gasteiger partial charge in [0.25, 0.3) is 0 Å². The van der Waals surface area contributed by atoms with E-state index in [1.165, 1.54) is 44.9 Å². The summed E-state index contributed by atoms with van der Waals surface area (Å²) in [5, 5.41) is 12.4. The van der Waals surface area contributed by atoms with Crippen molar-refractivity contribution >= 4 is 35.0 Å². The number of thiophene rings is 1.